The van der Waals surface area contributed by atoms with Crippen molar-refractivity contribution >= 4 is 5.69 Å². The fraction of sp³-hybridized carbons (Fsp3) is 0. The van der Waals surface area contributed by atoms with Crippen molar-refractivity contribution in [3.05, 3.63) is 34.5 Å². The van der Waals surface area contributed by atoms with Crippen LogP contribution in [0, 0.1) is 5.82 Å². The van der Waals surface area contributed by atoms with Crippen LogP contribution in [0.2, 0.25) is 0 Å². The molecule has 0 aliphatic heterocycles. The molecule has 1 heterocycles. The number of benzene rings is 1. The molecule has 2 aromatic rings. The number of nitrogens with zero attached hydrogens (tertiary/aromatic N) is 3. The van der Waals surface area contributed by atoms with Crippen LogP contribution in [0.15, 0.2) is 23.0 Å². The summed E-state index contributed by atoms with van der Waals surface area (Å²) < 4.78 is 14.1. The molecule has 72 valence electrons. The van der Waals surface area contributed by atoms with Gasteiger partial charge in [0.15, 0.2) is 5.82 Å². The number of hydrogen-bond donors (Lipinski definition) is 2. The molecule has 1 aromatic heterocycles. The molecule has 0 fully saturated rings. The van der Waals surface area contributed by atoms with Gasteiger partial charge in [-0.1, -0.05) is 0 Å². The summed E-state index contributed by atoms with van der Waals surface area (Å²) in [6, 6.07) is 3.94. The van der Waals surface area contributed by atoms with E-state index in [-0.39, 0.29) is 11.4 Å². The average Bonchev–Trinajstić information content (AvgIpc) is 2.52. The Morgan fingerprint density at radius 1 is 1.50 bits per heavy atom. The molecular formula is C7H6FN5O. The highest BCUT2D eigenvalue weighted by Gasteiger charge is 2.08. The van der Waals surface area contributed by atoms with Gasteiger partial charge in [-0.15, -0.1) is 0 Å². The molecule has 2 rings (SSSR count). The molecule has 7 heteroatoms. The van der Waals surface area contributed by atoms with Crippen LogP contribution in [-0.2, 0) is 0 Å². The van der Waals surface area contributed by atoms with E-state index in [1.165, 1.54) is 12.1 Å². The van der Waals surface area contributed by atoms with Crippen LogP contribution in [0.5, 0.6) is 0 Å². The zero-order valence-corrected chi connectivity index (χ0v) is 6.94. The van der Waals surface area contributed by atoms with E-state index in [2.05, 4.69) is 15.5 Å². The zero-order valence-electron chi connectivity index (χ0n) is 6.94. The van der Waals surface area contributed by atoms with Crippen molar-refractivity contribution in [3.63, 3.8) is 0 Å². The van der Waals surface area contributed by atoms with E-state index in [9.17, 15) is 9.18 Å². The van der Waals surface area contributed by atoms with Gasteiger partial charge in [0.25, 0.3) is 0 Å². The van der Waals surface area contributed by atoms with Gasteiger partial charge in [-0.3, -0.25) is 0 Å². The number of halogens is 1. The summed E-state index contributed by atoms with van der Waals surface area (Å²) in [4.78, 5) is 11.0. The van der Waals surface area contributed by atoms with E-state index in [1.807, 2.05) is 0 Å². The average molecular weight is 195 g/mol. The van der Waals surface area contributed by atoms with Crippen LogP contribution in [0.3, 0.4) is 0 Å². The minimum absolute atomic E-state index is 0.0120. The third-order valence-electron chi connectivity index (χ3n) is 1.67. The van der Waals surface area contributed by atoms with Crippen LogP contribution >= 0.6 is 0 Å². The first-order valence-electron chi connectivity index (χ1n) is 3.74. The summed E-state index contributed by atoms with van der Waals surface area (Å²) in [5.74, 6) is -0.624. The molecule has 3 N–H and O–H groups in total. The van der Waals surface area contributed by atoms with Gasteiger partial charge in [0, 0.05) is 5.69 Å². The lowest BCUT2D eigenvalue weighted by atomic mass is 10.3. The molecule has 1 aromatic carbocycles. The van der Waals surface area contributed by atoms with Crippen molar-refractivity contribution in [2.75, 3.05) is 5.73 Å². The van der Waals surface area contributed by atoms with Crippen LogP contribution in [-0.4, -0.2) is 20.2 Å². The van der Waals surface area contributed by atoms with Crippen molar-refractivity contribution in [3.8, 4) is 5.69 Å². The number of hydrogen-bond acceptors (Lipinski definition) is 4. The molecule has 0 bridgehead atoms. The van der Waals surface area contributed by atoms with Crippen LogP contribution in [0.1, 0.15) is 0 Å². The van der Waals surface area contributed by atoms with Crippen LogP contribution < -0.4 is 11.4 Å². The third kappa shape index (κ3) is 1.24. The lowest BCUT2D eigenvalue weighted by Gasteiger charge is -2.00. The van der Waals surface area contributed by atoms with Crippen molar-refractivity contribution < 1.29 is 4.39 Å². The first-order valence-corrected chi connectivity index (χ1v) is 3.74. The number of nitrogens with two attached hydrogens (primary N) is 1. The van der Waals surface area contributed by atoms with Gasteiger partial charge >= 0.3 is 5.69 Å². The molecule has 6 nitrogen and oxygen atoms in total. The molecule has 0 radical (unpaired) electrons. The highest BCUT2D eigenvalue weighted by atomic mass is 19.1. The van der Waals surface area contributed by atoms with Crippen molar-refractivity contribution in [2.45, 2.75) is 0 Å². The molecule has 0 saturated heterocycles. The Morgan fingerprint density at radius 2 is 2.29 bits per heavy atom. The second kappa shape index (κ2) is 2.95. The summed E-state index contributed by atoms with van der Waals surface area (Å²) in [6.07, 6.45) is 0. The largest absolute Gasteiger partial charge is 0.399 e. The van der Waals surface area contributed by atoms with Gasteiger partial charge in [0.2, 0.25) is 0 Å². The quantitative estimate of drug-likeness (QED) is 0.610. The highest BCUT2D eigenvalue weighted by molar-refractivity contribution is 5.45. The van der Waals surface area contributed by atoms with Gasteiger partial charge in [0.1, 0.15) is 5.69 Å². The molecular weight excluding hydrogens is 189 g/mol. The molecule has 0 saturated carbocycles. The molecule has 0 aliphatic carbocycles. The Hall–Kier alpha value is -2.18. The summed E-state index contributed by atoms with van der Waals surface area (Å²) in [7, 11) is 0. The van der Waals surface area contributed by atoms with E-state index in [1.54, 1.807) is 0 Å². The lowest BCUT2D eigenvalue weighted by molar-refractivity contribution is 0.605. The lowest BCUT2D eigenvalue weighted by Crippen LogP contribution is -2.17. The number of tetrazole rings is 1. The predicted octanol–water partition coefficient (Wildman–Crippen LogP) is -0.323. The number of aromatic nitrogens is 4. The molecule has 14 heavy (non-hydrogen) atoms. The van der Waals surface area contributed by atoms with Crippen LogP contribution in [0.25, 0.3) is 5.69 Å². The Balaban J connectivity index is 2.63. The van der Waals surface area contributed by atoms with E-state index in [4.69, 9.17) is 5.73 Å². The third-order valence-corrected chi connectivity index (χ3v) is 1.67. The number of anilines is 1. The first-order chi connectivity index (χ1) is 6.68. The van der Waals surface area contributed by atoms with Crippen LogP contribution in [0.4, 0.5) is 10.1 Å². The minimum atomic E-state index is -0.624. The summed E-state index contributed by atoms with van der Waals surface area (Å²) in [6.45, 7) is 0. The fourth-order valence-electron chi connectivity index (χ4n) is 1.05. The van der Waals surface area contributed by atoms with Gasteiger partial charge in [-0.2, -0.15) is 4.68 Å². The molecule has 0 unspecified atom stereocenters. The Bertz CT molecular complexity index is 517. The van der Waals surface area contributed by atoms with Gasteiger partial charge in [0.05, 0.1) is 0 Å². The van der Waals surface area contributed by atoms with E-state index in [0.717, 1.165) is 10.7 Å². The Kier molecular flexibility index (Phi) is 1.77. The fourth-order valence-corrected chi connectivity index (χ4v) is 1.05. The van der Waals surface area contributed by atoms with Gasteiger partial charge < -0.3 is 5.73 Å². The number of H-pyrrole nitrogens is 1. The summed E-state index contributed by atoms with van der Waals surface area (Å²) in [5, 5.41) is 8.69. The molecule has 0 atom stereocenters. The predicted molar refractivity (Wildman–Crippen MR) is 46.4 cm³/mol. The van der Waals surface area contributed by atoms with E-state index >= 15 is 0 Å². The Morgan fingerprint density at radius 3 is 2.86 bits per heavy atom. The van der Waals surface area contributed by atoms with E-state index in [0.29, 0.717) is 0 Å². The SMILES string of the molecule is Nc1ccc(-n2nn[nH]c2=O)c(F)c1. The standard InChI is InChI=1S/C7H6FN5O/c8-5-3-4(9)1-2-6(5)13-7(14)10-11-12-13/h1-3H,9H2,(H,10,12,14). The molecule has 0 aliphatic rings. The second-order valence-electron chi connectivity index (χ2n) is 2.63. The summed E-state index contributed by atoms with van der Waals surface area (Å²) >= 11 is 0. The zero-order chi connectivity index (χ0) is 10.1. The molecule has 0 amide bonds. The Labute approximate surface area is 77.1 Å². The minimum Gasteiger partial charge on any atom is -0.399 e. The number of nitrogens with one attached hydrogen (secondary N) is 1. The van der Waals surface area contributed by atoms with Gasteiger partial charge in [-0.25, -0.2) is 14.3 Å². The first kappa shape index (κ1) is 8.42. The number of aromatic amines is 1. The topological polar surface area (TPSA) is 89.6 Å². The maximum atomic E-state index is 13.3. The smallest absolute Gasteiger partial charge is 0.365 e. The second-order valence-corrected chi connectivity index (χ2v) is 2.63. The maximum Gasteiger partial charge on any atom is 0.365 e. The monoisotopic (exact) mass is 195 g/mol. The maximum absolute atomic E-state index is 13.3. The van der Waals surface area contributed by atoms with Crippen molar-refractivity contribution in [2.24, 2.45) is 0 Å². The molecule has 0 spiro atoms. The van der Waals surface area contributed by atoms with Gasteiger partial charge in [-0.05, 0) is 28.6 Å². The number of nitrogen functional groups attached to an aromatic ring is 1. The number of rotatable bonds is 1. The summed E-state index contributed by atoms with van der Waals surface area (Å²) in [5.41, 5.74) is 5.04. The highest BCUT2D eigenvalue weighted by Crippen LogP contribution is 2.13. The van der Waals surface area contributed by atoms with E-state index < -0.39 is 11.5 Å². The van der Waals surface area contributed by atoms with Crippen molar-refractivity contribution in [1.82, 2.24) is 20.2 Å². The van der Waals surface area contributed by atoms with Crippen molar-refractivity contribution in [1.29, 1.82) is 0 Å². The normalized spacial score (nSPS) is 10.4.